The molecule has 2 fully saturated rings. The molecule has 0 radical (unpaired) electrons. The topological polar surface area (TPSA) is 85.4 Å². The summed E-state index contributed by atoms with van der Waals surface area (Å²) in [6.07, 6.45) is -1.04. The lowest BCUT2D eigenvalue weighted by molar-refractivity contribution is -0.126. The van der Waals surface area contributed by atoms with Gasteiger partial charge in [0.1, 0.15) is 11.7 Å². The summed E-state index contributed by atoms with van der Waals surface area (Å²) in [6, 6.07) is 25.3. The van der Waals surface area contributed by atoms with E-state index in [1.54, 1.807) is 47.5 Å². The average Bonchev–Trinajstić information content (AvgIpc) is 3.50. The molecule has 4 aromatic rings. The van der Waals surface area contributed by atoms with Crippen LogP contribution < -0.4 is 19.4 Å². The van der Waals surface area contributed by atoms with Crippen LogP contribution in [-0.4, -0.2) is 31.0 Å². The van der Waals surface area contributed by atoms with E-state index < -0.39 is 41.7 Å². The van der Waals surface area contributed by atoms with Crippen LogP contribution in [0.25, 0.3) is 0 Å². The first-order valence-electron chi connectivity index (χ1n) is 12.7. The van der Waals surface area contributed by atoms with Crippen LogP contribution in [0, 0.1) is 11.7 Å². The van der Waals surface area contributed by atoms with Gasteiger partial charge in [0.25, 0.3) is 5.91 Å². The molecule has 2 aliphatic rings. The van der Waals surface area contributed by atoms with Crippen LogP contribution in [0.5, 0.6) is 11.5 Å². The van der Waals surface area contributed by atoms with E-state index in [0.717, 1.165) is 9.37 Å². The Hall–Kier alpha value is -4.54. The number of para-hydroxylation sites is 1. The van der Waals surface area contributed by atoms with Crippen LogP contribution in [0.2, 0.25) is 0 Å². The average molecular weight is 617 g/mol. The molecule has 206 valence electrons. The molecule has 3 atom stereocenters. The van der Waals surface area contributed by atoms with Gasteiger partial charge in [-0.3, -0.25) is 14.4 Å². The maximum Gasteiger partial charge on any atom is 0.343 e. The molecule has 4 aromatic carbocycles. The molecule has 41 heavy (non-hydrogen) atoms. The molecule has 0 bridgehead atoms. The number of nitrogens with zero attached hydrogens (tertiary/aromatic N) is 2. The number of methoxy groups -OCH3 is 1. The van der Waals surface area contributed by atoms with Crippen LogP contribution >= 0.6 is 15.9 Å². The summed E-state index contributed by atoms with van der Waals surface area (Å²) in [5.41, 5.74) is 1.89. The Morgan fingerprint density at radius 2 is 1.56 bits per heavy atom. The molecule has 2 saturated heterocycles. The molecule has 2 amide bonds. The Labute approximate surface area is 242 Å². The van der Waals surface area contributed by atoms with E-state index in [1.165, 1.54) is 31.4 Å². The Morgan fingerprint density at radius 3 is 2.24 bits per heavy atom. The third-order valence-corrected chi connectivity index (χ3v) is 7.55. The normalized spacial score (nSPS) is 19.8. The molecule has 0 aromatic heterocycles. The Morgan fingerprint density at radius 1 is 0.854 bits per heavy atom. The highest BCUT2D eigenvalue weighted by Crippen LogP contribution is 2.48. The van der Waals surface area contributed by atoms with E-state index in [0.29, 0.717) is 16.9 Å². The van der Waals surface area contributed by atoms with Gasteiger partial charge in [0, 0.05) is 4.47 Å². The van der Waals surface area contributed by atoms with Crippen molar-refractivity contribution < 1.29 is 33.1 Å². The van der Waals surface area contributed by atoms with Gasteiger partial charge >= 0.3 is 5.97 Å². The number of ether oxygens (including phenoxy) is 2. The zero-order chi connectivity index (χ0) is 28.7. The van der Waals surface area contributed by atoms with Gasteiger partial charge in [-0.25, -0.2) is 19.1 Å². The van der Waals surface area contributed by atoms with Crippen molar-refractivity contribution in [1.29, 1.82) is 0 Å². The maximum atomic E-state index is 13.9. The lowest BCUT2D eigenvalue weighted by atomic mass is 9.90. The second kappa shape index (κ2) is 10.8. The smallest absolute Gasteiger partial charge is 0.343 e. The standard InChI is InChI=1S/C31H22BrFN2O6/c1-39-25-17-19(9-16-24(25)40-31(38)18-7-12-21(33)13-8-18)27-26-28(41-35(27)23-5-3-2-4-6-23)30(37)34(29(26)36)22-14-10-20(32)11-15-22/h2-17,26-28H,1H3/t26-,27-,28-/m1/s1. The lowest BCUT2D eigenvalue weighted by Crippen LogP contribution is -2.37. The minimum absolute atomic E-state index is 0.137. The maximum absolute atomic E-state index is 13.9. The number of amides is 2. The highest BCUT2D eigenvalue weighted by molar-refractivity contribution is 9.10. The predicted octanol–water partition coefficient (Wildman–Crippen LogP) is 5.87. The lowest BCUT2D eigenvalue weighted by Gasteiger charge is -2.29. The number of hydrogen-bond acceptors (Lipinski definition) is 7. The Balaban J connectivity index is 1.36. The minimum Gasteiger partial charge on any atom is -0.493 e. The number of fused-ring (bicyclic) bond motifs is 1. The summed E-state index contributed by atoms with van der Waals surface area (Å²) in [5, 5.41) is 1.57. The Bertz CT molecular complexity index is 1630. The van der Waals surface area contributed by atoms with Gasteiger partial charge in [-0.05, 0) is 78.4 Å². The zero-order valence-corrected chi connectivity index (χ0v) is 23.2. The molecule has 6 rings (SSSR count). The van der Waals surface area contributed by atoms with Crippen LogP contribution in [-0.2, 0) is 14.4 Å². The number of hydroxylamine groups is 1. The molecule has 10 heteroatoms. The van der Waals surface area contributed by atoms with Gasteiger partial charge < -0.3 is 9.47 Å². The number of carbonyl (C=O) groups excluding carboxylic acids is 3. The summed E-state index contributed by atoms with van der Waals surface area (Å²) in [7, 11) is 1.43. The molecule has 0 aliphatic carbocycles. The van der Waals surface area contributed by atoms with Crippen molar-refractivity contribution in [3.05, 3.63) is 118 Å². The Kier molecular flexibility index (Phi) is 7.02. The third-order valence-electron chi connectivity index (χ3n) is 7.02. The summed E-state index contributed by atoms with van der Waals surface area (Å²) in [4.78, 5) is 47.4. The van der Waals surface area contributed by atoms with E-state index in [9.17, 15) is 18.8 Å². The highest BCUT2D eigenvalue weighted by atomic mass is 79.9. The van der Waals surface area contributed by atoms with Crippen molar-refractivity contribution in [2.24, 2.45) is 5.92 Å². The first-order valence-corrected chi connectivity index (χ1v) is 13.4. The van der Waals surface area contributed by atoms with E-state index in [4.69, 9.17) is 14.3 Å². The zero-order valence-electron chi connectivity index (χ0n) is 21.6. The van der Waals surface area contributed by atoms with Gasteiger partial charge in [-0.2, -0.15) is 0 Å². The van der Waals surface area contributed by atoms with Gasteiger partial charge in [-0.1, -0.05) is 40.2 Å². The fourth-order valence-electron chi connectivity index (χ4n) is 5.09. The van der Waals surface area contributed by atoms with E-state index in [2.05, 4.69) is 15.9 Å². The fourth-order valence-corrected chi connectivity index (χ4v) is 5.36. The quantitative estimate of drug-likeness (QED) is 0.152. The molecule has 2 heterocycles. The van der Waals surface area contributed by atoms with Crippen LogP contribution in [0.1, 0.15) is 22.0 Å². The first kappa shape index (κ1) is 26.7. The summed E-state index contributed by atoms with van der Waals surface area (Å²) in [5.74, 6) is -2.49. The van der Waals surface area contributed by atoms with Crippen molar-refractivity contribution in [3.63, 3.8) is 0 Å². The first-order chi connectivity index (χ1) is 19.9. The SMILES string of the molecule is COc1cc([C@@H]2[C@H]3C(=O)N(c4ccc(Br)cc4)C(=O)[C@@H]3ON2c2ccccc2)ccc1OC(=O)c1ccc(F)cc1. The number of esters is 1. The number of halogens is 2. The molecule has 8 nitrogen and oxygen atoms in total. The number of rotatable bonds is 6. The number of benzene rings is 4. The molecular formula is C31H22BrFN2O6. The van der Waals surface area contributed by atoms with Crippen molar-refractivity contribution in [3.8, 4) is 11.5 Å². The summed E-state index contributed by atoms with van der Waals surface area (Å²) >= 11 is 3.38. The van der Waals surface area contributed by atoms with E-state index in [-0.39, 0.29) is 17.1 Å². The number of anilines is 2. The van der Waals surface area contributed by atoms with Crippen LogP contribution in [0.3, 0.4) is 0 Å². The fraction of sp³-hybridized carbons (Fsp3) is 0.129. The summed E-state index contributed by atoms with van der Waals surface area (Å²) < 4.78 is 25.2. The summed E-state index contributed by atoms with van der Waals surface area (Å²) in [6.45, 7) is 0. The molecule has 0 N–H and O–H groups in total. The number of imide groups is 1. The van der Waals surface area contributed by atoms with Crippen LogP contribution in [0.4, 0.5) is 15.8 Å². The highest BCUT2D eigenvalue weighted by Gasteiger charge is 2.60. The van der Waals surface area contributed by atoms with E-state index >= 15 is 0 Å². The van der Waals surface area contributed by atoms with Gasteiger partial charge in [0.05, 0.1) is 30.1 Å². The predicted molar refractivity (Wildman–Crippen MR) is 151 cm³/mol. The minimum atomic E-state index is -1.04. The molecule has 0 saturated carbocycles. The van der Waals surface area contributed by atoms with Crippen molar-refractivity contribution in [1.82, 2.24) is 0 Å². The largest absolute Gasteiger partial charge is 0.493 e. The van der Waals surface area contributed by atoms with Crippen molar-refractivity contribution in [2.75, 3.05) is 17.1 Å². The van der Waals surface area contributed by atoms with Gasteiger partial charge in [0.2, 0.25) is 5.91 Å². The van der Waals surface area contributed by atoms with Crippen molar-refractivity contribution in [2.45, 2.75) is 12.1 Å². The molecule has 0 unspecified atom stereocenters. The van der Waals surface area contributed by atoms with Crippen LogP contribution in [0.15, 0.2) is 102 Å². The third kappa shape index (κ3) is 4.85. The number of hydrogen-bond donors (Lipinski definition) is 0. The second-order valence-electron chi connectivity index (χ2n) is 9.45. The van der Waals surface area contributed by atoms with E-state index in [1.807, 2.05) is 30.3 Å². The van der Waals surface area contributed by atoms with Crippen molar-refractivity contribution >= 4 is 45.1 Å². The molecule has 2 aliphatic heterocycles. The van der Waals surface area contributed by atoms with Gasteiger partial charge in [-0.15, -0.1) is 0 Å². The monoisotopic (exact) mass is 616 g/mol. The molecule has 0 spiro atoms. The van der Waals surface area contributed by atoms with Gasteiger partial charge in [0.15, 0.2) is 17.6 Å². The second-order valence-corrected chi connectivity index (χ2v) is 10.4. The molecular weight excluding hydrogens is 595 g/mol. The number of carbonyl (C=O) groups is 3.